The molecule has 1 fully saturated rings. The third-order valence-electron chi connectivity index (χ3n) is 3.88. The fraction of sp³-hybridized carbons (Fsp3) is 0.333. The molecule has 4 nitrogen and oxygen atoms in total. The van der Waals surface area contributed by atoms with Crippen molar-refractivity contribution in [1.29, 1.82) is 5.26 Å². The molecule has 0 aliphatic carbocycles. The van der Waals surface area contributed by atoms with Gasteiger partial charge in [0.25, 0.3) is 0 Å². The second-order valence-electron chi connectivity index (χ2n) is 5.30. The van der Waals surface area contributed by atoms with Crippen molar-refractivity contribution in [3.63, 3.8) is 0 Å². The lowest BCUT2D eigenvalue weighted by Crippen LogP contribution is -2.27. The molecule has 0 saturated carbocycles. The standard InChI is InChI=1S/C15H16N4/c1-15(5-6-17-10-15)14-9-18-11-19(14)13-4-2-3-12(7-13)8-16/h2-4,7,9,11,17H,5-6,10H2,1H3. The van der Waals surface area contributed by atoms with Crippen molar-refractivity contribution in [2.75, 3.05) is 13.1 Å². The molecular weight excluding hydrogens is 236 g/mol. The Kier molecular flexibility index (Phi) is 2.84. The summed E-state index contributed by atoms with van der Waals surface area (Å²) in [7, 11) is 0. The summed E-state index contributed by atoms with van der Waals surface area (Å²) < 4.78 is 2.09. The molecule has 4 heteroatoms. The number of hydrogen-bond acceptors (Lipinski definition) is 3. The summed E-state index contributed by atoms with van der Waals surface area (Å²) in [6, 6.07) is 9.82. The second kappa shape index (κ2) is 4.52. The third kappa shape index (κ3) is 2.02. The van der Waals surface area contributed by atoms with Gasteiger partial charge in [0.05, 0.1) is 18.0 Å². The minimum Gasteiger partial charge on any atom is -0.316 e. The smallest absolute Gasteiger partial charge is 0.0994 e. The molecule has 0 spiro atoms. The molecule has 1 aliphatic rings. The van der Waals surface area contributed by atoms with Gasteiger partial charge in [0.1, 0.15) is 0 Å². The Morgan fingerprint density at radius 1 is 1.47 bits per heavy atom. The second-order valence-corrected chi connectivity index (χ2v) is 5.30. The van der Waals surface area contributed by atoms with Gasteiger partial charge >= 0.3 is 0 Å². The zero-order valence-electron chi connectivity index (χ0n) is 10.9. The molecule has 1 saturated heterocycles. The van der Waals surface area contributed by atoms with Crippen LogP contribution in [-0.2, 0) is 5.41 Å². The summed E-state index contributed by atoms with van der Waals surface area (Å²) >= 11 is 0. The van der Waals surface area contributed by atoms with E-state index in [4.69, 9.17) is 5.26 Å². The Bertz CT molecular complexity index is 630. The van der Waals surface area contributed by atoms with Crippen molar-refractivity contribution in [3.05, 3.63) is 48.0 Å². The van der Waals surface area contributed by atoms with Crippen LogP contribution in [0.3, 0.4) is 0 Å². The molecule has 1 N–H and O–H groups in total. The number of nitriles is 1. The Balaban J connectivity index is 2.07. The van der Waals surface area contributed by atoms with E-state index in [0.717, 1.165) is 25.2 Å². The number of nitrogens with one attached hydrogen (secondary N) is 1. The van der Waals surface area contributed by atoms with E-state index in [9.17, 15) is 0 Å². The van der Waals surface area contributed by atoms with Crippen molar-refractivity contribution in [1.82, 2.24) is 14.9 Å². The number of imidazole rings is 1. The predicted molar refractivity (Wildman–Crippen MR) is 73.1 cm³/mol. The lowest BCUT2D eigenvalue weighted by Gasteiger charge is -2.24. The number of benzene rings is 1. The summed E-state index contributed by atoms with van der Waals surface area (Å²) in [4.78, 5) is 4.30. The van der Waals surface area contributed by atoms with E-state index in [1.165, 1.54) is 5.69 Å². The minimum atomic E-state index is 0.110. The van der Waals surface area contributed by atoms with Crippen LogP contribution in [0.15, 0.2) is 36.8 Å². The van der Waals surface area contributed by atoms with E-state index in [1.807, 2.05) is 36.8 Å². The first-order chi connectivity index (χ1) is 9.23. The van der Waals surface area contributed by atoms with Gasteiger partial charge < -0.3 is 9.88 Å². The highest BCUT2D eigenvalue weighted by Gasteiger charge is 2.33. The molecule has 0 bridgehead atoms. The van der Waals surface area contributed by atoms with E-state index < -0.39 is 0 Å². The molecule has 19 heavy (non-hydrogen) atoms. The van der Waals surface area contributed by atoms with Gasteiger partial charge in [-0.2, -0.15) is 5.26 Å². The molecule has 96 valence electrons. The summed E-state index contributed by atoms with van der Waals surface area (Å²) in [5.41, 5.74) is 2.98. The van der Waals surface area contributed by atoms with E-state index in [1.54, 1.807) is 0 Å². The average Bonchev–Trinajstić information content (AvgIpc) is 3.08. The van der Waals surface area contributed by atoms with Crippen LogP contribution in [0.2, 0.25) is 0 Å². The van der Waals surface area contributed by atoms with Crippen molar-refractivity contribution in [2.24, 2.45) is 0 Å². The molecule has 0 amide bonds. The van der Waals surface area contributed by atoms with Crippen LogP contribution in [0.1, 0.15) is 24.6 Å². The maximum Gasteiger partial charge on any atom is 0.0994 e. The van der Waals surface area contributed by atoms with Crippen molar-refractivity contribution < 1.29 is 0 Å². The van der Waals surface area contributed by atoms with Gasteiger partial charge in [-0.1, -0.05) is 13.0 Å². The monoisotopic (exact) mass is 252 g/mol. The van der Waals surface area contributed by atoms with Gasteiger partial charge in [-0.15, -0.1) is 0 Å². The van der Waals surface area contributed by atoms with Crippen LogP contribution in [0, 0.1) is 11.3 Å². The molecule has 1 unspecified atom stereocenters. The Hall–Kier alpha value is -2.12. The van der Waals surface area contributed by atoms with Gasteiger partial charge in [0.15, 0.2) is 0 Å². The fourth-order valence-electron chi connectivity index (χ4n) is 2.71. The zero-order chi connectivity index (χ0) is 13.3. The molecule has 2 aromatic rings. The Morgan fingerprint density at radius 3 is 3.11 bits per heavy atom. The number of nitrogens with zero attached hydrogens (tertiary/aromatic N) is 3. The SMILES string of the molecule is CC1(c2cncn2-c2cccc(C#N)c2)CCNC1. The van der Waals surface area contributed by atoms with Crippen LogP contribution in [0.25, 0.3) is 5.69 Å². The molecule has 1 atom stereocenters. The molecular formula is C15H16N4. The van der Waals surface area contributed by atoms with Gasteiger partial charge in [-0.25, -0.2) is 4.98 Å². The maximum absolute atomic E-state index is 9.01. The van der Waals surface area contributed by atoms with Crippen molar-refractivity contribution in [2.45, 2.75) is 18.8 Å². The zero-order valence-corrected chi connectivity index (χ0v) is 10.9. The van der Waals surface area contributed by atoms with Crippen LogP contribution in [0.5, 0.6) is 0 Å². The Morgan fingerprint density at radius 2 is 2.37 bits per heavy atom. The van der Waals surface area contributed by atoms with E-state index in [-0.39, 0.29) is 5.41 Å². The largest absolute Gasteiger partial charge is 0.316 e. The summed E-state index contributed by atoms with van der Waals surface area (Å²) in [6.07, 6.45) is 4.87. The van der Waals surface area contributed by atoms with E-state index in [2.05, 4.69) is 27.9 Å². The number of hydrogen-bond donors (Lipinski definition) is 1. The highest BCUT2D eigenvalue weighted by atomic mass is 15.1. The number of aromatic nitrogens is 2. The first kappa shape index (κ1) is 11.9. The first-order valence-corrected chi connectivity index (χ1v) is 6.47. The average molecular weight is 252 g/mol. The minimum absolute atomic E-state index is 0.110. The van der Waals surface area contributed by atoms with E-state index in [0.29, 0.717) is 5.56 Å². The van der Waals surface area contributed by atoms with Crippen LogP contribution in [0.4, 0.5) is 0 Å². The van der Waals surface area contributed by atoms with Crippen LogP contribution >= 0.6 is 0 Å². The van der Waals surface area contributed by atoms with Gasteiger partial charge in [-0.3, -0.25) is 0 Å². The van der Waals surface area contributed by atoms with E-state index >= 15 is 0 Å². The molecule has 2 heterocycles. The molecule has 1 aromatic carbocycles. The molecule has 1 aromatic heterocycles. The third-order valence-corrected chi connectivity index (χ3v) is 3.88. The fourth-order valence-corrected chi connectivity index (χ4v) is 2.71. The van der Waals surface area contributed by atoms with Gasteiger partial charge in [-0.05, 0) is 31.2 Å². The number of rotatable bonds is 2. The Labute approximate surface area is 112 Å². The highest BCUT2D eigenvalue weighted by Crippen LogP contribution is 2.31. The summed E-state index contributed by atoms with van der Waals surface area (Å²) in [6.45, 7) is 4.27. The lowest BCUT2D eigenvalue weighted by molar-refractivity contribution is 0.499. The van der Waals surface area contributed by atoms with Gasteiger partial charge in [0, 0.05) is 29.5 Å². The van der Waals surface area contributed by atoms with Crippen molar-refractivity contribution >= 4 is 0 Å². The highest BCUT2D eigenvalue weighted by molar-refractivity contribution is 5.43. The topological polar surface area (TPSA) is 53.6 Å². The van der Waals surface area contributed by atoms with Gasteiger partial charge in [0.2, 0.25) is 0 Å². The van der Waals surface area contributed by atoms with Crippen molar-refractivity contribution in [3.8, 4) is 11.8 Å². The predicted octanol–water partition coefficient (Wildman–Crippen LogP) is 1.99. The maximum atomic E-state index is 9.01. The van der Waals surface area contributed by atoms with Crippen LogP contribution in [-0.4, -0.2) is 22.6 Å². The molecule has 3 rings (SSSR count). The summed E-state index contributed by atoms with van der Waals surface area (Å²) in [5, 5.41) is 12.4. The normalized spacial score (nSPS) is 22.3. The molecule has 1 aliphatic heterocycles. The quantitative estimate of drug-likeness (QED) is 0.889. The lowest BCUT2D eigenvalue weighted by atomic mass is 9.86. The first-order valence-electron chi connectivity index (χ1n) is 6.47. The van der Waals surface area contributed by atoms with Crippen LogP contribution < -0.4 is 5.32 Å². The molecule has 0 radical (unpaired) electrons. The summed E-state index contributed by atoms with van der Waals surface area (Å²) in [5.74, 6) is 0.